The molecule has 0 heterocycles. The topological polar surface area (TPSA) is 46.5 Å². The van der Waals surface area contributed by atoms with Gasteiger partial charge in [0.05, 0.1) is 0 Å². The van der Waals surface area contributed by atoms with Gasteiger partial charge in [-0.05, 0) is 12.5 Å². The van der Waals surface area contributed by atoms with Gasteiger partial charge >= 0.3 is 0 Å². The largest absolute Gasteiger partial charge is 0.337 e. The number of hydrogen-bond acceptors (Lipinski definition) is 3. The van der Waals surface area contributed by atoms with Crippen LogP contribution < -0.4 is 0 Å². The summed E-state index contributed by atoms with van der Waals surface area (Å²) in [5.41, 5.74) is 0. The monoisotopic (exact) mass is 114 g/mol. The number of ketones is 1. The van der Waals surface area contributed by atoms with E-state index in [0.717, 1.165) is 0 Å². The normalized spacial score (nSPS) is 18.6. The first-order chi connectivity index (χ1) is 3.84. The summed E-state index contributed by atoms with van der Waals surface area (Å²) in [5, 5.41) is 7.95. The van der Waals surface area contributed by atoms with Crippen molar-refractivity contribution < 1.29 is 14.9 Å². The third-order valence-corrected chi connectivity index (χ3v) is 1.07. The lowest BCUT2D eigenvalue weighted by atomic mass is 10.3. The molecule has 1 aliphatic rings. The number of carbonyl (C=O) groups excluding carboxylic acids is 1. The average Bonchev–Trinajstić information content (AvgIpc) is 2.14. The molecule has 1 rings (SSSR count). The highest BCUT2D eigenvalue weighted by molar-refractivity contribution is 5.95. The van der Waals surface area contributed by atoms with E-state index in [4.69, 9.17) is 5.26 Å². The van der Waals surface area contributed by atoms with E-state index in [2.05, 4.69) is 4.89 Å². The van der Waals surface area contributed by atoms with Crippen LogP contribution in [-0.2, 0) is 9.68 Å². The molecule has 1 N–H and O–H groups in total. The van der Waals surface area contributed by atoms with Gasteiger partial charge < -0.3 is 4.89 Å². The lowest BCUT2D eigenvalue weighted by molar-refractivity contribution is -0.204. The first kappa shape index (κ1) is 5.31. The Morgan fingerprint density at radius 1 is 1.75 bits per heavy atom. The highest BCUT2D eigenvalue weighted by Crippen LogP contribution is 2.12. The minimum atomic E-state index is -0.118. The molecule has 0 aromatic rings. The maximum atomic E-state index is 10.5. The molecule has 8 heavy (non-hydrogen) atoms. The summed E-state index contributed by atoms with van der Waals surface area (Å²) in [5.74, 6) is -0.0301. The predicted octanol–water partition coefficient (Wildman–Crippen LogP) is 0.723. The van der Waals surface area contributed by atoms with E-state index in [9.17, 15) is 4.79 Å². The molecule has 0 atom stereocenters. The van der Waals surface area contributed by atoms with Gasteiger partial charge in [0.1, 0.15) is 0 Å². The Morgan fingerprint density at radius 3 is 2.75 bits per heavy atom. The number of allylic oxidation sites excluding steroid dienone is 2. The van der Waals surface area contributed by atoms with Crippen molar-refractivity contribution in [1.29, 1.82) is 0 Å². The molecule has 0 saturated carbocycles. The van der Waals surface area contributed by atoms with E-state index < -0.39 is 0 Å². The fourth-order valence-electron chi connectivity index (χ4n) is 0.660. The Kier molecular flexibility index (Phi) is 1.30. The highest BCUT2D eigenvalue weighted by Gasteiger charge is 2.15. The second kappa shape index (κ2) is 1.96. The summed E-state index contributed by atoms with van der Waals surface area (Å²) >= 11 is 0. The molecule has 0 aliphatic heterocycles. The molecular weight excluding hydrogens is 108 g/mol. The summed E-state index contributed by atoms with van der Waals surface area (Å²) in [7, 11) is 0. The van der Waals surface area contributed by atoms with Crippen LogP contribution in [0.2, 0.25) is 0 Å². The molecule has 0 amide bonds. The van der Waals surface area contributed by atoms with E-state index >= 15 is 0 Å². The van der Waals surface area contributed by atoms with Gasteiger partial charge in [0.15, 0.2) is 0 Å². The Morgan fingerprint density at radius 2 is 2.50 bits per heavy atom. The summed E-state index contributed by atoms with van der Waals surface area (Å²) in [6, 6.07) is 0. The molecule has 0 bridgehead atoms. The van der Waals surface area contributed by atoms with Gasteiger partial charge in [-0.3, -0.25) is 4.79 Å². The highest BCUT2D eigenvalue weighted by atomic mass is 17.1. The van der Waals surface area contributed by atoms with Gasteiger partial charge in [-0.25, -0.2) is 5.26 Å². The van der Waals surface area contributed by atoms with Gasteiger partial charge in [-0.2, -0.15) is 0 Å². The minimum Gasteiger partial charge on any atom is -0.337 e. The maximum absolute atomic E-state index is 10.5. The SMILES string of the molecule is O=C1CCC=C1OO. The maximum Gasteiger partial charge on any atom is 0.203 e. The van der Waals surface area contributed by atoms with Gasteiger partial charge in [0.2, 0.25) is 11.5 Å². The van der Waals surface area contributed by atoms with Gasteiger partial charge in [-0.1, -0.05) is 0 Å². The molecule has 0 saturated heterocycles. The zero-order valence-electron chi connectivity index (χ0n) is 4.26. The lowest BCUT2D eigenvalue weighted by Gasteiger charge is -1.89. The standard InChI is InChI=1S/C5H6O3/c6-4-2-1-3-5(4)8-7/h3,7H,1-2H2. The molecule has 3 nitrogen and oxygen atoms in total. The van der Waals surface area contributed by atoms with Crippen molar-refractivity contribution in [3.63, 3.8) is 0 Å². The summed E-state index contributed by atoms with van der Waals surface area (Å²) in [6.45, 7) is 0. The van der Waals surface area contributed by atoms with E-state index in [-0.39, 0.29) is 11.5 Å². The lowest BCUT2D eigenvalue weighted by Crippen LogP contribution is -1.96. The van der Waals surface area contributed by atoms with Crippen molar-refractivity contribution in [2.45, 2.75) is 12.8 Å². The molecule has 0 aromatic carbocycles. The number of rotatable bonds is 1. The molecular formula is C5H6O3. The Labute approximate surface area is 46.5 Å². The fraction of sp³-hybridized carbons (Fsp3) is 0.400. The van der Waals surface area contributed by atoms with Crippen molar-refractivity contribution in [2.24, 2.45) is 0 Å². The van der Waals surface area contributed by atoms with E-state index in [1.165, 1.54) is 0 Å². The Bertz CT molecular complexity index is 137. The van der Waals surface area contributed by atoms with Crippen LogP contribution in [0.4, 0.5) is 0 Å². The van der Waals surface area contributed by atoms with Crippen molar-refractivity contribution in [1.82, 2.24) is 0 Å². The molecule has 0 aromatic heterocycles. The van der Waals surface area contributed by atoms with E-state index in [0.29, 0.717) is 12.8 Å². The molecule has 0 fully saturated rings. The second-order valence-electron chi connectivity index (χ2n) is 1.62. The van der Waals surface area contributed by atoms with Gasteiger partial charge in [0, 0.05) is 6.42 Å². The third-order valence-electron chi connectivity index (χ3n) is 1.07. The van der Waals surface area contributed by atoms with Crippen LogP contribution in [0.5, 0.6) is 0 Å². The fourth-order valence-corrected chi connectivity index (χ4v) is 0.660. The third kappa shape index (κ3) is 0.721. The summed E-state index contributed by atoms with van der Waals surface area (Å²) in [4.78, 5) is 14.2. The smallest absolute Gasteiger partial charge is 0.203 e. The van der Waals surface area contributed by atoms with Crippen molar-refractivity contribution in [2.75, 3.05) is 0 Å². The van der Waals surface area contributed by atoms with Crippen molar-refractivity contribution in [3.8, 4) is 0 Å². The van der Waals surface area contributed by atoms with E-state index in [1.807, 2.05) is 0 Å². The van der Waals surface area contributed by atoms with Crippen LogP contribution in [0.3, 0.4) is 0 Å². The number of Topliss-reactive ketones (excluding diaryl/α,β-unsaturated/α-hetero) is 1. The zero-order valence-corrected chi connectivity index (χ0v) is 4.26. The molecule has 0 radical (unpaired) electrons. The summed E-state index contributed by atoms with van der Waals surface area (Å²) < 4.78 is 0. The second-order valence-corrected chi connectivity index (χ2v) is 1.62. The Hall–Kier alpha value is -0.830. The van der Waals surface area contributed by atoms with Gasteiger partial charge in [0.25, 0.3) is 0 Å². The molecule has 1 aliphatic carbocycles. The summed E-state index contributed by atoms with van der Waals surface area (Å²) in [6.07, 6.45) is 2.73. The molecule has 0 unspecified atom stereocenters. The van der Waals surface area contributed by atoms with E-state index in [1.54, 1.807) is 6.08 Å². The van der Waals surface area contributed by atoms with Crippen LogP contribution >= 0.6 is 0 Å². The first-order valence-electron chi connectivity index (χ1n) is 2.39. The predicted molar refractivity (Wildman–Crippen MR) is 26.0 cm³/mol. The van der Waals surface area contributed by atoms with Crippen molar-refractivity contribution >= 4 is 5.78 Å². The number of hydrogen-bond donors (Lipinski definition) is 1. The van der Waals surface area contributed by atoms with Crippen LogP contribution in [-0.4, -0.2) is 11.0 Å². The number of carbonyl (C=O) groups is 1. The molecule has 3 heteroatoms. The van der Waals surface area contributed by atoms with Crippen LogP contribution in [0.1, 0.15) is 12.8 Å². The Balaban J connectivity index is 2.62. The first-order valence-corrected chi connectivity index (χ1v) is 2.39. The van der Waals surface area contributed by atoms with Crippen molar-refractivity contribution in [3.05, 3.63) is 11.8 Å². The zero-order chi connectivity index (χ0) is 5.98. The van der Waals surface area contributed by atoms with Crippen LogP contribution in [0.25, 0.3) is 0 Å². The quantitative estimate of drug-likeness (QED) is 0.403. The molecule has 44 valence electrons. The average molecular weight is 114 g/mol. The molecule has 0 spiro atoms. The van der Waals surface area contributed by atoms with Crippen LogP contribution in [0, 0.1) is 0 Å². The van der Waals surface area contributed by atoms with Gasteiger partial charge in [-0.15, -0.1) is 0 Å². The van der Waals surface area contributed by atoms with Crippen LogP contribution in [0.15, 0.2) is 11.8 Å². The minimum absolute atomic E-state index is 0.0880.